The van der Waals surface area contributed by atoms with E-state index < -0.39 is 0 Å². The van der Waals surface area contributed by atoms with Gasteiger partial charge in [0.25, 0.3) is 0 Å². The molecule has 1 aliphatic rings. The number of nitrogens with one attached hydrogen (secondary N) is 1. The van der Waals surface area contributed by atoms with Crippen molar-refractivity contribution in [2.24, 2.45) is 0 Å². The Balaban J connectivity index is 1.81. The molecule has 182 valence electrons. The van der Waals surface area contributed by atoms with Gasteiger partial charge in [-0.2, -0.15) is 0 Å². The van der Waals surface area contributed by atoms with Crippen LogP contribution < -0.4 is 5.32 Å². The molecule has 2 N–H and O–H groups in total. The van der Waals surface area contributed by atoms with Crippen LogP contribution in [0.3, 0.4) is 0 Å². The van der Waals surface area contributed by atoms with Crippen molar-refractivity contribution in [3.8, 4) is 0 Å². The smallest absolute Gasteiger partial charge is 0.166 e. The second kappa shape index (κ2) is 19.9. The first-order valence-electron chi connectivity index (χ1n) is 13.8. The number of rotatable bonds is 22. The van der Waals surface area contributed by atoms with Crippen LogP contribution in [0.2, 0.25) is 0 Å². The first kappa shape index (κ1) is 28.2. The van der Waals surface area contributed by atoms with Gasteiger partial charge in [-0.05, 0) is 32.6 Å². The molecule has 2 unspecified atom stereocenters. The van der Waals surface area contributed by atoms with Crippen LogP contribution in [-0.4, -0.2) is 35.5 Å². The first-order chi connectivity index (χ1) is 15.3. The Hall–Kier alpha value is -0.800. The minimum absolute atomic E-state index is 0.271. The minimum atomic E-state index is 0.271. The Kier molecular flexibility index (Phi) is 18.1. The van der Waals surface area contributed by atoms with Gasteiger partial charge >= 0.3 is 0 Å². The number of likely N-dealkylation sites (N-methyl/N-ethyl adjacent to an activating group) is 1. The van der Waals surface area contributed by atoms with Crippen molar-refractivity contribution in [3.63, 3.8) is 0 Å². The molecule has 0 spiro atoms. The Morgan fingerprint density at radius 3 is 1.74 bits per heavy atom. The Labute approximate surface area is 195 Å². The zero-order chi connectivity index (χ0) is 22.5. The number of aliphatic hydroxyl groups is 1. The van der Waals surface area contributed by atoms with E-state index in [0.29, 0.717) is 6.17 Å². The molecule has 0 saturated heterocycles. The molecule has 0 aromatic rings. The molecule has 0 fully saturated rings. The molecule has 0 bridgehead atoms. The summed E-state index contributed by atoms with van der Waals surface area (Å²) >= 11 is 0. The number of nitrogens with zero attached hydrogens (tertiary/aromatic N) is 1. The largest absolute Gasteiger partial charge is 0.390 e. The maximum atomic E-state index is 9.40. The fourth-order valence-electron chi connectivity index (χ4n) is 4.98. The molecule has 3 heteroatoms. The lowest BCUT2D eigenvalue weighted by atomic mass is 10.0. The highest BCUT2D eigenvalue weighted by molar-refractivity contribution is 4.84. The highest BCUT2D eigenvalue weighted by Gasteiger charge is 2.35. The third-order valence-electron chi connectivity index (χ3n) is 7.14. The molecule has 1 rings (SSSR count). The number of hydrogen-bond acceptors (Lipinski definition) is 2. The Morgan fingerprint density at radius 2 is 1.26 bits per heavy atom. The van der Waals surface area contributed by atoms with E-state index in [1.807, 2.05) is 0 Å². The van der Waals surface area contributed by atoms with Gasteiger partial charge in [0.05, 0.1) is 19.4 Å². The van der Waals surface area contributed by atoms with E-state index in [2.05, 4.69) is 43.7 Å². The lowest BCUT2D eigenvalue weighted by molar-refractivity contribution is -0.900. The summed E-state index contributed by atoms with van der Waals surface area (Å²) < 4.78 is 0.910. The third-order valence-corrected chi connectivity index (χ3v) is 7.14. The van der Waals surface area contributed by atoms with Crippen LogP contribution in [-0.2, 0) is 0 Å². The van der Waals surface area contributed by atoms with Crippen LogP contribution in [0.5, 0.6) is 0 Å². The number of allylic oxidation sites excluding steroid dienone is 2. The highest BCUT2D eigenvalue weighted by Crippen LogP contribution is 2.23. The predicted octanol–water partition coefficient (Wildman–Crippen LogP) is 7.81. The van der Waals surface area contributed by atoms with E-state index in [1.54, 1.807) is 0 Å². The maximum absolute atomic E-state index is 9.40. The van der Waals surface area contributed by atoms with E-state index in [0.717, 1.165) is 17.6 Å². The van der Waals surface area contributed by atoms with Crippen LogP contribution in [0.4, 0.5) is 0 Å². The van der Waals surface area contributed by atoms with Gasteiger partial charge in [0, 0.05) is 6.42 Å². The Bertz CT molecular complexity index is 448. The molecule has 0 amide bonds. The van der Waals surface area contributed by atoms with Gasteiger partial charge in [0.2, 0.25) is 0 Å². The molecule has 1 heterocycles. The summed E-state index contributed by atoms with van der Waals surface area (Å²) in [5.74, 6) is 0. The summed E-state index contributed by atoms with van der Waals surface area (Å²) in [5, 5.41) is 12.9. The lowest BCUT2D eigenvalue weighted by Gasteiger charge is -2.36. The maximum Gasteiger partial charge on any atom is 0.166 e. The summed E-state index contributed by atoms with van der Waals surface area (Å²) in [6, 6.07) is 0. The third kappa shape index (κ3) is 13.4. The second-order valence-corrected chi connectivity index (χ2v) is 9.62. The second-order valence-electron chi connectivity index (χ2n) is 9.62. The SMILES string of the molecule is CC/C=C/CCCCCCCCCCCCCCCCCC1NC=C[N+]1(CC)CCO. The fraction of sp³-hybridized carbons (Fsp3) is 0.857. The van der Waals surface area contributed by atoms with Crippen LogP contribution in [0.1, 0.15) is 129 Å². The van der Waals surface area contributed by atoms with Crippen LogP contribution >= 0.6 is 0 Å². The van der Waals surface area contributed by atoms with Crippen molar-refractivity contribution in [2.75, 3.05) is 19.7 Å². The summed E-state index contributed by atoms with van der Waals surface area (Å²) in [7, 11) is 0. The van der Waals surface area contributed by atoms with Gasteiger partial charge in [0.15, 0.2) is 6.17 Å². The van der Waals surface area contributed by atoms with Crippen molar-refractivity contribution >= 4 is 0 Å². The molecule has 0 aromatic heterocycles. The number of unbranched alkanes of at least 4 members (excludes halogenated alkanes) is 15. The van der Waals surface area contributed by atoms with E-state index >= 15 is 0 Å². The Morgan fingerprint density at radius 1 is 0.742 bits per heavy atom. The van der Waals surface area contributed by atoms with Gasteiger partial charge < -0.3 is 10.4 Å². The zero-order valence-electron chi connectivity index (χ0n) is 21.1. The molecule has 0 saturated carbocycles. The standard InChI is InChI=1S/C28H55N2O/c1-3-5-6-7-8-9-10-11-12-13-14-15-16-17-18-19-20-21-22-23-28-29-24-25-30(28,4-2)26-27-31/h5-6,24-25,28-29,31H,3-4,7-23,26-27H2,1-2H3/q+1/b6-5+. The topological polar surface area (TPSA) is 32.3 Å². The molecule has 2 atom stereocenters. The molecular formula is C28H55N2O+. The van der Waals surface area contributed by atoms with Crippen molar-refractivity contribution < 1.29 is 9.59 Å². The number of quaternary nitrogens is 1. The lowest BCUT2D eigenvalue weighted by Crippen LogP contribution is -2.54. The van der Waals surface area contributed by atoms with E-state index in [-0.39, 0.29) is 6.61 Å². The molecule has 0 radical (unpaired) electrons. The summed E-state index contributed by atoms with van der Waals surface area (Å²) in [5.41, 5.74) is 0. The van der Waals surface area contributed by atoms with Gasteiger partial charge in [-0.3, -0.25) is 4.48 Å². The number of hydrogen-bond donors (Lipinski definition) is 2. The van der Waals surface area contributed by atoms with Crippen molar-refractivity contribution in [3.05, 3.63) is 24.6 Å². The summed E-state index contributed by atoms with van der Waals surface area (Å²) in [6.07, 6.45) is 34.4. The molecule has 31 heavy (non-hydrogen) atoms. The van der Waals surface area contributed by atoms with Crippen LogP contribution in [0, 0.1) is 0 Å². The van der Waals surface area contributed by atoms with Gasteiger partial charge in [0.1, 0.15) is 12.7 Å². The first-order valence-corrected chi connectivity index (χ1v) is 13.8. The van der Waals surface area contributed by atoms with Crippen LogP contribution in [0.25, 0.3) is 0 Å². The normalized spacial score (nSPS) is 20.7. The molecule has 1 aliphatic heterocycles. The minimum Gasteiger partial charge on any atom is -0.390 e. The fourth-order valence-corrected chi connectivity index (χ4v) is 4.98. The summed E-state index contributed by atoms with van der Waals surface area (Å²) in [4.78, 5) is 0. The van der Waals surface area contributed by atoms with Crippen molar-refractivity contribution in [2.45, 2.75) is 136 Å². The highest BCUT2D eigenvalue weighted by atomic mass is 16.3. The van der Waals surface area contributed by atoms with Gasteiger partial charge in [-0.25, -0.2) is 0 Å². The van der Waals surface area contributed by atoms with Crippen molar-refractivity contribution in [1.82, 2.24) is 5.32 Å². The quantitative estimate of drug-likeness (QED) is 0.103. The average Bonchev–Trinajstić information content (AvgIpc) is 3.18. The van der Waals surface area contributed by atoms with Crippen LogP contribution in [0.15, 0.2) is 24.6 Å². The number of aliphatic hydroxyl groups excluding tert-OH is 1. The van der Waals surface area contributed by atoms with Gasteiger partial charge in [-0.1, -0.05) is 103 Å². The van der Waals surface area contributed by atoms with E-state index in [9.17, 15) is 5.11 Å². The zero-order valence-corrected chi connectivity index (χ0v) is 21.1. The monoisotopic (exact) mass is 435 g/mol. The van der Waals surface area contributed by atoms with Crippen molar-refractivity contribution in [1.29, 1.82) is 0 Å². The molecule has 0 aromatic carbocycles. The van der Waals surface area contributed by atoms with Gasteiger partial charge in [-0.15, -0.1) is 0 Å². The summed E-state index contributed by atoms with van der Waals surface area (Å²) in [6.45, 7) is 6.61. The molecular weight excluding hydrogens is 380 g/mol. The average molecular weight is 436 g/mol. The predicted molar refractivity (Wildman–Crippen MR) is 137 cm³/mol. The molecule has 0 aliphatic carbocycles. The molecule has 3 nitrogen and oxygen atoms in total. The van der Waals surface area contributed by atoms with E-state index in [4.69, 9.17) is 0 Å². The van der Waals surface area contributed by atoms with E-state index in [1.165, 1.54) is 116 Å².